The number of amides is 1. The van der Waals surface area contributed by atoms with Crippen LogP contribution in [0.15, 0.2) is 66.4 Å². The van der Waals surface area contributed by atoms with Gasteiger partial charge < -0.3 is 24.7 Å². The Kier molecular flexibility index (Phi) is 8.57. The zero-order chi connectivity index (χ0) is 24.7. The average molecular weight is 499 g/mol. The van der Waals surface area contributed by atoms with Crippen molar-refractivity contribution in [1.29, 1.82) is 0 Å². The van der Waals surface area contributed by atoms with Crippen molar-refractivity contribution < 1.29 is 24.2 Å². The Morgan fingerprint density at radius 3 is 2.12 bits per heavy atom. The average Bonchev–Trinajstić information content (AvgIpc) is 2.81. The lowest BCUT2D eigenvalue weighted by Gasteiger charge is -2.13. The van der Waals surface area contributed by atoms with E-state index >= 15 is 0 Å². The van der Waals surface area contributed by atoms with Crippen LogP contribution in [0, 0.1) is 13.8 Å². The molecule has 0 aromatic heterocycles. The Morgan fingerprint density at radius 1 is 0.912 bits per heavy atom. The number of carbonyl (C=O) groups is 2. The van der Waals surface area contributed by atoms with E-state index in [9.17, 15) is 14.7 Å². The summed E-state index contributed by atoms with van der Waals surface area (Å²) in [6.07, 6.45) is 1.30. The number of nitrogens with one attached hydrogen (secondary N) is 1. The first-order valence-electron chi connectivity index (χ1n) is 10.3. The van der Waals surface area contributed by atoms with Gasteiger partial charge >= 0.3 is 0 Å². The van der Waals surface area contributed by atoms with Crippen molar-refractivity contribution in [1.82, 2.24) is 5.32 Å². The van der Waals surface area contributed by atoms with Crippen LogP contribution < -0.4 is 19.9 Å². The van der Waals surface area contributed by atoms with Crippen LogP contribution in [0.25, 0.3) is 6.08 Å². The summed E-state index contributed by atoms with van der Waals surface area (Å²) in [6.45, 7) is 3.64. The van der Waals surface area contributed by atoms with Crippen molar-refractivity contribution in [2.24, 2.45) is 0 Å². The number of benzene rings is 3. The molecular formula is C26H22Cl2NO5-. The molecule has 3 aromatic rings. The molecule has 0 unspecified atom stereocenters. The molecule has 0 spiro atoms. The summed E-state index contributed by atoms with van der Waals surface area (Å²) < 4.78 is 11.2. The van der Waals surface area contributed by atoms with Crippen molar-refractivity contribution in [3.8, 4) is 11.5 Å². The van der Waals surface area contributed by atoms with Gasteiger partial charge in [0.1, 0.15) is 18.1 Å². The van der Waals surface area contributed by atoms with Crippen LogP contribution in [0.1, 0.15) is 22.3 Å². The summed E-state index contributed by atoms with van der Waals surface area (Å²) in [4.78, 5) is 23.7. The van der Waals surface area contributed by atoms with Gasteiger partial charge in [0.15, 0.2) is 6.61 Å². The molecule has 34 heavy (non-hydrogen) atoms. The minimum Gasteiger partial charge on any atom is -0.543 e. The first-order valence-corrected chi connectivity index (χ1v) is 11.1. The van der Waals surface area contributed by atoms with Gasteiger partial charge in [-0.3, -0.25) is 4.79 Å². The third-order valence-corrected chi connectivity index (χ3v) is 5.63. The van der Waals surface area contributed by atoms with Crippen molar-refractivity contribution in [2.75, 3.05) is 6.61 Å². The molecule has 6 nitrogen and oxygen atoms in total. The van der Waals surface area contributed by atoms with Gasteiger partial charge in [0.05, 0.1) is 11.7 Å². The monoisotopic (exact) mass is 498 g/mol. The number of carboxylic acid groups (broad SMARTS) is 1. The molecule has 3 aromatic carbocycles. The van der Waals surface area contributed by atoms with Crippen molar-refractivity contribution in [3.05, 3.63) is 98.7 Å². The van der Waals surface area contributed by atoms with Gasteiger partial charge in [-0.05, 0) is 78.6 Å². The van der Waals surface area contributed by atoms with Gasteiger partial charge in [-0.15, -0.1) is 0 Å². The lowest BCUT2D eigenvalue weighted by Crippen LogP contribution is -2.37. The van der Waals surface area contributed by atoms with E-state index in [1.54, 1.807) is 48.5 Å². The smallest absolute Gasteiger partial charge is 0.262 e. The van der Waals surface area contributed by atoms with Gasteiger partial charge in [-0.1, -0.05) is 47.5 Å². The number of aliphatic carboxylic acids is 1. The Labute approximate surface area is 207 Å². The Bertz CT molecular complexity index is 1180. The second-order valence-corrected chi connectivity index (χ2v) is 8.35. The van der Waals surface area contributed by atoms with E-state index in [0.717, 1.165) is 16.7 Å². The number of rotatable bonds is 9. The van der Waals surface area contributed by atoms with Gasteiger partial charge in [0.25, 0.3) is 5.91 Å². The highest BCUT2D eigenvalue weighted by atomic mass is 35.5. The fourth-order valence-corrected chi connectivity index (χ4v) is 3.28. The molecule has 0 heterocycles. The molecule has 0 aliphatic carbocycles. The molecule has 0 saturated carbocycles. The molecule has 8 heteroatoms. The normalized spacial score (nSPS) is 11.1. The molecule has 1 amide bonds. The van der Waals surface area contributed by atoms with E-state index in [4.69, 9.17) is 32.7 Å². The third kappa shape index (κ3) is 7.27. The highest BCUT2D eigenvalue weighted by Gasteiger charge is 2.09. The second-order valence-electron chi connectivity index (χ2n) is 7.54. The van der Waals surface area contributed by atoms with E-state index in [-0.39, 0.29) is 12.3 Å². The standard InChI is InChI=1S/C26H23Cl2NO5/c1-16-11-22(12-17(2)25(16)28)34-15-24(30)29-23(26(31)32)13-18-5-9-21(10-6-18)33-14-19-3-7-20(27)8-4-19/h3-13H,14-15H2,1-2H3,(H,29,30)(H,31,32)/p-1/b23-13+. The Hall–Kier alpha value is -3.48. The molecule has 0 saturated heterocycles. The van der Waals surface area contributed by atoms with Crippen LogP contribution in [0.2, 0.25) is 10.0 Å². The van der Waals surface area contributed by atoms with Crippen molar-refractivity contribution in [2.45, 2.75) is 20.5 Å². The number of aryl methyl sites for hydroxylation is 2. The summed E-state index contributed by atoms with van der Waals surface area (Å²) in [6, 6.07) is 17.4. The maximum absolute atomic E-state index is 12.2. The van der Waals surface area contributed by atoms with E-state index in [0.29, 0.717) is 33.7 Å². The lowest BCUT2D eigenvalue weighted by molar-refractivity contribution is -0.299. The van der Waals surface area contributed by atoms with Gasteiger partial charge in [-0.25, -0.2) is 0 Å². The Morgan fingerprint density at radius 2 is 1.53 bits per heavy atom. The largest absolute Gasteiger partial charge is 0.543 e. The predicted molar refractivity (Wildman–Crippen MR) is 130 cm³/mol. The van der Waals surface area contributed by atoms with Gasteiger partial charge in [-0.2, -0.15) is 0 Å². The molecule has 0 aliphatic rings. The van der Waals surface area contributed by atoms with Crippen molar-refractivity contribution >= 4 is 41.2 Å². The van der Waals surface area contributed by atoms with Crippen LogP contribution in [0.4, 0.5) is 0 Å². The van der Waals surface area contributed by atoms with Crippen LogP contribution in [-0.2, 0) is 16.2 Å². The highest BCUT2D eigenvalue weighted by molar-refractivity contribution is 6.32. The van der Waals surface area contributed by atoms with Gasteiger partial charge in [0.2, 0.25) is 0 Å². The van der Waals surface area contributed by atoms with E-state index in [1.165, 1.54) is 6.08 Å². The van der Waals surface area contributed by atoms with Gasteiger partial charge in [0, 0.05) is 10.0 Å². The molecule has 3 rings (SSSR count). The summed E-state index contributed by atoms with van der Waals surface area (Å²) in [5, 5.41) is 15.1. The zero-order valence-electron chi connectivity index (χ0n) is 18.6. The van der Waals surface area contributed by atoms with Crippen LogP contribution in [0.3, 0.4) is 0 Å². The van der Waals surface area contributed by atoms with E-state index in [1.807, 2.05) is 26.0 Å². The minimum atomic E-state index is -1.52. The van der Waals surface area contributed by atoms with Crippen molar-refractivity contribution in [3.63, 3.8) is 0 Å². The second kappa shape index (κ2) is 11.6. The molecular weight excluding hydrogens is 477 g/mol. The number of halogens is 2. The third-order valence-electron chi connectivity index (χ3n) is 4.78. The highest BCUT2D eigenvalue weighted by Crippen LogP contribution is 2.25. The lowest BCUT2D eigenvalue weighted by atomic mass is 10.1. The number of carboxylic acids is 1. The fraction of sp³-hybridized carbons (Fsp3) is 0.154. The minimum absolute atomic E-state index is 0.360. The molecule has 1 N–H and O–H groups in total. The molecule has 0 radical (unpaired) electrons. The zero-order valence-corrected chi connectivity index (χ0v) is 20.1. The predicted octanol–water partition coefficient (Wildman–Crippen LogP) is 4.48. The van der Waals surface area contributed by atoms with E-state index < -0.39 is 11.9 Å². The quantitative estimate of drug-likeness (QED) is 0.439. The molecule has 0 aliphatic heterocycles. The SMILES string of the molecule is Cc1cc(OCC(=O)N/C(=C/c2ccc(OCc3ccc(Cl)cc3)cc2)C(=O)[O-])cc(C)c1Cl. The molecule has 0 atom stereocenters. The van der Waals surface area contributed by atoms with Crippen LogP contribution >= 0.6 is 23.2 Å². The van der Waals surface area contributed by atoms with E-state index in [2.05, 4.69) is 5.32 Å². The number of hydrogen-bond donors (Lipinski definition) is 1. The number of carbonyl (C=O) groups excluding carboxylic acids is 2. The maximum Gasteiger partial charge on any atom is 0.262 e. The Balaban J connectivity index is 1.58. The molecule has 0 bridgehead atoms. The summed E-state index contributed by atoms with van der Waals surface area (Å²) in [7, 11) is 0. The summed E-state index contributed by atoms with van der Waals surface area (Å²) >= 11 is 12.0. The topological polar surface area (TPSA) is 87.7 Å². The summed E-state index contributed by atoms with van der Waals surface area (Å²) in [5.41, 5.74) is 2.75. The first kappa shape index (κ1) is 25.1. The number of hydrogen-bond acceptors (Lipinski definition) is 5. The number of ether oxygens (including phenoxy) is 2. The summed E-state index contributed by atoms with van der Waals surface area (Å²) in [5.74, 6) is -1.09. The molecule has 0 fully saturated rings. The molecule has 176 valence electrons. The fourth-order valence-electron chi connectivity index (χ4n) is 3.04. The van der Waals surface area contributed by atoms with Crippen LogP contribution in [0.5, 0.6) is 11.5 Å². The first-order chi connectivity index (χ1) is 16.2. The van der Waals surface area contributed by atoms with Crippen LogP contribution in [-0.4, -0.2) is 18.5 Å². The maximum atomic E-state index is 12.2.